The standard InChI is InChI=1S/C12H24N2O3S/c1-12(2,18)10(11(16)17)14-8-6-4-5-7-9(15)13-3/h10,14,18H,4-8H2,1-3H3,(H,13,15)(H,16,17). The van der Waals surface area contributed by atoms with Gasteiger partial charge in [-0.1, -0.05) is 6.42 Å². The molecule has 0 fully saturated rings. The molecule has 0 radical (unpaired) electrons. The molecule has 5 nitrogen and oxygen atoms in total. The quantitative estimate of drug-likeness (QED) is 0.375. The first-order valence-corrected chi connectivity index (χ1v) is 6.63. The summed E-state index contributed by atoms with van der Waals surface area (Å²) in [6.45, 7) is 4.16. The number of hydrogen-bond acceptors (Lipinski definition) is 4. The topological polar surface area (TPSA) is 78.4 Å². The van der Waals surface area contributed by atoms with Gasteiger partial charge in [-0.05, 0) is 33.2 Å². The number of unbranched alkanes of at least 4 members (excludes halogenated alkanes) is 2. The number of nitrogens with one attached hydrogen (secondary N) is 2. The van der Waals surface area contributed by atoms with E-state index in [9.17, 15) is 9.59 Å². The monoisotopic (exact) mass is 276 g/mol. The number of thiol groups is 1. The van der Waals surface area contributed by atoms with Crippen molar-refractivity contribution < 1.29 is 14.7 Å². The molecule has 6 heteroatoms. The summed E-state index contributed by atoms with van der Waals surface area (Å²) in [5, 5.41) is 14.6. The molecule has 18 heavy (non-hydrogen) atoms. The minimum Gasteiger partial charge on any atom is -0.480 e. The number of aliphatic carboxylic acids is 1. The van der Waals surface area contributed by atoms with Crippen molar-refractivity contribution in [3.63, 3.8) is 0 Å². The van der Waals surface area contributed by atoms with E-state index in [-0.39, 0.29) is 5.91 Å². The number of carboxylic acids is 1. The van der Waals surface area contributed by atoms with E-state index in [1.54, 1.807) is 20.9 Å². The molecule has 3 N–H and O–H groups in total. The third kappa shape index (κ3) is 7.55. The molecule has 0 saturated carbocycles. The SMILES string of the molecule is CNC(=O)CCCCCNC(C(=O)O)C(C)(C)S. The highest BCUT2D eigenvalue weighted by Crippen LogP contribution is 2.17. The number of rotatable bonds is 9. The molecule has 0 aliphatic rings. The fourth-order valence-electron chi connectivity index (χ4n) is 1.60. The maximum atomic E-state index is 11.0. The van der Waals surface area contributed by atoms with Crippen LogP contribution in [0.5, 0.6) is 0 Å². The highest BCUT2D eigenvalue weighted by atomic mass is 32.1. The predicted octanol–water partition coefficient (Wildman–Crippen LogP) is 1.04. The first-order chi connectivity index (χ1) is 8.29. The molecule has 0 saturated heterocycles. The Balaban J connectivity index is 3.76. The van der Waals surface area contributed by atoms with Gasteiger partial charge in [0.25, 0.3) is 0 Å². The number of hydrogen-bond donors (Lipinski definition) is 4. The van der Waals surface area contributed by atoms with Crippen LogP contribution >= 0.6 is 12.6 Å². The third-order valence-electron chi connectivity index (χ3n) is 2.66. The van der Waals surface area contributed by atoms with E-state index in [1.165, 1.54) is 0 Å². The maximum Gasteiger partial charge on any atom is 0.322 e. The van der Waals surface area contributed by atoms with E-state index in [0.717, 1.165) is 19.3 Å². The summed E-state index contributed by atoms with van der Waals surface area (Å²) in [7, 11) is 1.62. The molecule has 0 aromatic heterocycles. The minimum absolute atomic E-state index is 0.0443. The predicted molar refractivity (Wildman–Crippen MR) is 75.0 cm³/mol. The number of amides is 1. The first-order valence-electron chi connectivity index (χ1n) is 6.18. The molecule has 0 aromatic rings. The largest absolute Gasteiger partial charge is 0.480 e. The van der Waals surface area contributed by atoms with Gasteiger partial charge < -0.3 is 15.7 Å². The zero-order valence-corrected chi connectivity index (χ0v) is 12.2. The summed E-state index contributed by atoms with van der Waals surface area (Å²) in [4.78, 5) is 22.0. The molecule has 0 spiro atoms. The van der Waals surface area contributed by atoms with Crippen molar-refractivity contribution in [2.24, 2.45) is 0 Å². The van der Waals surface area contributed by atoms with Crippen LogP contribution in [0.2, 0.25) is 0 Å². The van der Waals surface area contributed by atoms with Gasteiger partial charge in [-0.3, -0.25) is 9.59 Å². The van der Waals surface area contributed by atoms with Gasteiger partial charge in [-0.25, -0.2) is 0 Å². The highest BCUT2D eigenvalue weighted by Gasteiger charge is 2.31. The van der Waals surface area contributed by atoms with Crippen LogP contribution in [0.4, 0.5) is 0 Å². The zero-order valence-electron chi connectivity index (χ0n) is 11.3. The van der Waals surface area contributed by atoms with E-state index in [1.807, 2.05) is 0 Å². The van der Waals surface area contributed by atoms with Crippen molar-refractivity contribution >= 4 is 24.5 Å². The van der Waals surface area contributed by atoms with Gasteiger partial charge in [-0.15, -0.1) is 0 Å². The van der Waals surface area contributed by atoms with Crippen molar-refractivity contribution in [1.82, 2.24) is 10.6 Å². The van der Waals surface area contributed by atoms with Gasteiger partial charge >= 0.3 is 5.97 Å². The number of carbonyl (C=O) groups excluding carboxylic acids is 1. The maximum absolute atomic E-state index is 11.0. The Morgan fingerprint density at radius 3 is 2.33 bits per heavy atom. The molecule has 1 atom stereocenters. The number of carboxylic acid groups (broad SMARTS) is 1. The van der Waals surface area contributed by atoms with Gasteiger partial charge in [0, 0.05) is 18.2 Å². The fraction of sp³-hybridized carbons (Fsp3) is 0.833. The Hall–Kier alpha value is -0.750. The lowest BCUT2D eigenvalue weighted by molar-refractivity contribution is -0.140. The lowest BCUT2D eigenvalue weighted by Crippen LogP contribution is -2.49. The van der Waals surface area contributed by atoms with Crippen LogP contribution in [0.3, 0.4) is 0 Å². The van der Waals surface area contributed by atoms with Crippen LogP contribution in [0.1, 0.15) is 39.5 Å². The summed E-state index contributed by atoms with van der Waals surface area (Å²) in [5.41, 5.74) is 0. The Kier molecular flexibility index (Phi) is 8.02. The Morgan fingerprint density at radius 2 is 1.89 bits per heavy atom. The fourth-order valence-corrected chi connectivity index (χ4v) is 1.80. The van der Waals surface area contributed by atoms with Crippen LogP contribution in [0.25, 0.3) is 0 Å². The normalized spacial score (nSPS) is 13.1. The van der Waals surface area contributed by atoms with E-state index < -0.39 is 16.8 Å². The summed E-state index contributed by atoms with van der Waals surface area (Å²) in [6, 6.07) is -0.667. The van der Waals surface area contributed by atoms with Crippen molar-refractivity contribution in [3.8, 4) is 0 Å². The zero-order chi connectivity index (χ0) is 14.2. The Labute approximate surface area is 114 Å². The third-order valence-corrected chi connectivity index (χ3v) is 2.92. The second kappa shape index (κ2) is 8.37. The van der Waals surface area contributed by atoms with Crippen molar-refractivity contribution in [1.29, 1.82) is 0 Å². The smallest absolute Gasteiger partial charge is 0.322 e. The van der Waals surface area contributed by atoms with Crippen molar-refractivity contribution in [2.45, 2.75) is 50.3 Å². The molecule has 0 aromatic carbocycles. The summed E-state index contributed by atoms with van der Waals surface area (Å²) in [5.74, 6) is -0.844. The molecule has 0 heterocycles. The average molecular weight is 276 g/mol. The molecular formula is C12H24N2O3S. The molecular weight excluding hydrogens is 252 g/mol. The van der Waals surface area contributed by atoms with E-state index in [4.69, 9.17) is 5.11 Å². The molecule has 1 amide bonds. The lowest BCUT2D eigenvalue weighted by atomic mass is 10.0. The first kappa shape index (κ1) is 17.2. The van der Waals surface area contributed by atoms with Gasteiger partial charge in [0.1, 0.15) is 6.04 Å². The second-order valence-corrected chi connectivity index (χ2v) is 6.02. The van der Waals surface area contributed by atoms with Gasteiger partial charge in [0.2, 0.25) is 5.91 Å². The van der Waals surface area contributed by atoms with Gasteiger partial charge in [-0.2, -0.15) is 12.6 Å². The molecule has 106 valence electrons. The Bertz CT molecular complexity index is 277. The van der Waals surface area contributed by atoms with E-state index >= 15 is 0 Å². The lowest BCUT2D eigenvalue weighted by Gasteiger charge is -2.27. The molecule has 0 bridgehead atoms. The highest BCUT2D eigenvalue weighted by molar-refractivity contribution is 7.81. The molecule has 0 aliphatic carbocycles. The molecule has 0 aliphatic heterocycles. The summed E-state index contributed by atoms with van der Waals surface area (Å²) < 4.78 is -0.603. The minimum atomic E-state index is -0.889. The van der Waals surface area contributed by atoms with Crippen LogP contribution < -0.4 is 10.6 Å². The second-order valence-electron chi connectivity index (χ2n) is 4.86. The number of carbonyl (C=O) groups is 2. The van der Waals surface area contributed by atoms with Crippen LogP contribution in [-0.4, -0.2) is 41.4 Å². The van der Waals surface area contributed by atoms with Gasteiger partial charge in [0.05, 0.1) is 0 Å². The summed E-state index contributed by atoms with van der Waals surface area (Å²) >= 11 is 4.28. The van der Waals surface area contributed by atoms with Crippen molar-refractivity contribution in [3.05, 3.63) is 0 Å². The van der Waals surface area contributed by atoms with Crippen LogP contribution in [-0.2, 0) is 9.59 Å². The van der Waals surface area contributed by atoms with E-state index in [0.29, 0.717) is 13.0 Å². The van der Waals surface area contributed by atoms with E-state index in [2.05, 4.69) is 23.3 Å². The molecule has 0 rings (SSSR count). The van der Waals surface area contributed by atoms with Gasteiger partial charge in [0.15, 0.2) is 0 Å². The van der Waals surface area contributed by atoms with Crippen LogP contribution in [0.15, 0.2) is 0 Å². The van der Waals surface area contributed by atoms with Crippen LogP contribution in [0, 0.1) is 0 Å². The van der Waals surface area contributed by atoms with Crippen molar-refractivity contribution in [2.75, 3.05) is 13.6 Å². The average Bonchev–Trinajstić information content (AvgIpc) is 2.25. The molecule has 1 unspecified atom stereocenters. The summed E-state index contributed by atoms with van der Waals surface area (Å²) in [6.07, 6.45) is 3.10. The Morgan fingerprint density at radius 1 is 1.28 bits per heavy atom.